The van der Waals surface area contributed by atoms with Gasteiger partial charge in [-0.2, -0.15) is 0 Å². The number of ether oxygens (including phenoxy) is 1. The van der Waals surface area contributed by atoms with Crippen molar-refractivity contribution in [2.24, 2.45) is 0 Å². The molecule has 0 saturated carbocycles. The molecular formula is C24H23FN4O3. The molecule has 8 heteroatoms. The molecule has 0 unspecified atom stereocenters. The molecule has 4 rings (SSSR count). The number of methoxy groups -OCH3 is 1. The molecule has 0 radical (unpaired) electrons. The standard InChI is InChI=1S/C24H23FN4O3/c1-32-21-7-3-5-18(15-21)24(31)29-12-10-28(11-13-29)22-9-8-20(16-26-22)27-23(30)17-4-2-6-19(25)14-17/h2-9,14-16H,10-13H2,1H3,(H,27,30). The highest BCUT2D eigenvalue weighted by atomic mass is 19.1. The lowest BCUT2D eigenvalue weighted by atomic mass is 10.1. The van der Waals surface area contributed by atoms with E-state index >= 15 is 0 Å². The molecule has 0 atom stereocenters. The van der Waals surface area contributed by atoms with Crippen molar-refractivity contribution in [3.63, 3.8) is 0 Å². The van der Waals surface area contributed by atoms with Crippen molar-refractivity contribution >= 4 is 23.3 Å². The maximum atomic E-state index is 13.3. The smallest absolute Gasteiger partial charge is 0.255 e. The average Bonchev–Trinajstić information content (AvgIpc) is 2.84. The summed E-state index contributed by atoms with van der Waals surface area (Å²) in [5, 5.41) is 2.72. The summed E-state index contributed by atoms with van der Waals surface area (Å²) in [6.45, 7) is 2.46. The van der Waals surface area contributed by atoms with Crippen molar-refractivity contribution in [1.29, 1.82) is 0 Å². The lowest BCUT2D eigenvalue weighted by Crippen LogP contribution is -2.49. The number of pyridine rings is 1. The van der Waals surface area contributed by atoms with Crippen LogP contribution in [0.1, 0.15) is 20.7 Å². The number of halogens is 1. The third kappa shape index (κ3) is 4.85. The quantitative estimate of drug-likeness (QED) is 0.666. The van der Waals surface area contributed by atoms with Gasteiger partial charge >= 0.3 is 0 Å². The Morgan fingerprint density at radius 1 is 0.969 bits per heavy atom. The number of carbonyl (C=O) groups is 2. The molecule has 1 aromatic heterocycles. The first-order chi connectivity index (χ1) is 15.5. The lowest BCUT2D eigenvalue weighted by Gasteiger charge is -2.35. The van der Waals surface area contributed by atoms with Crippen LogP contribution < -0.4 is 15.0 Å². The third-order valence-corrected chi connectivity index (χ3v) is 5.30. The Morgan fingerprint density at radius 3 is 2.41 bits per heavy atom. The molecule has 0 spiro atoms. The maximum Gasteiger partial charge on any atom is 0.255 e. The van der Waals surface area contributed by atoms with Crippen LogP contribution in [-0.4, -0.2) is 55.0 Å². The zero-order valence-corrected chi connectivity index (χ0v) is 17.6. The van der Waals surface area contributed by atoms with E-state index in [-0.39, 0.29) is 11.5 Å². The highest BCUT2D eigenvalue weighted by Gasteiger charge is 2.23. The van der Waals surface area contributed by atoms with E-state index < -0.39 is 11.7 Å². The second kappa shape index (κ2) is 9.47. The summed E-state index contributed by atoms with van der Waals surface area (Å²) < 4.78 is 18.5. The maximum absolute atomic E-state index is 13.3. The summed E-state index contributed by atoms with van der Waals surface area (Å²) in [6.07, 6.45) is 1.57. The molecule has 164 valence electrons. The number of rotatable bonds is 5. The largest absolute Gasteiger partial charge is 0.497 e. The van der Waals surface area contributed by atoms with Gasteiger partial charge in [-0.15, -0.1) is 0 Å². The van der Waals surface area contributed by atoms with E-state index in [0.717, 1.165) is 5.82 Å². The number of anilines is 2. The van der Waals surface area contributed by atoms with E-state index in [2.05, 4.69) is 15.2 Å². The normalized spacial score (nSPS) is 13.6. The van der Waals surface area contributed by atoms with Gasteiger partial charge in [0, 0.05) is 37.3 Å². The molecule has 2 heterocycles. The predicted octanol–water partition coefficient (Wildman–Crippen LogP) is 3.44. The van der Waals surface area contributed by atoms with Crippen LogP contribution in [0.25, 0.3) is 0 Å². The first kappa shape index (κ1) is 21.3. The number of hydrogen-bond donors (Lipinski definition) is 1. The van der Waals surface area contributed by atoms with Crippen LogP contribution in [0.15, 0.2) is 66.9 Å². The Kier molecular flexibility index (Phi) is 6.30. The van der Waals surface area contributed by atoms with Gasteiger partial charge in [-0.25, -0.2) is 9.37 Å². The topological polar surface area (TPSA) is 74.8 Å². The number of aromatic nitrogens is 1. The summed E-state index contributed by atoms with van der Waals surface area (Å²) >= 11 is 0. The minimum absolute atomic E-state index is 0.0214. The Labute approximate surface area is 185 Å². The molecular weight excluding hydrogens is 411 g/mol. The Balaban J connectivity index is 1.33. The fourth-order valence-electron chi connectivity index (χ4n) is 3.56. The van der Waals surface area contributed by atoms with Gasteiger partial charge in [-0.1, -0.05) is 12.1 Å². The zero-order chi connectivity index (χ0) is 22.5. The number of piperazine rings is 1. The summed E-state index contributed by atoms with van der Waals surface area (Å²) in [4.78, 5) is 33.4. The van der Waals surface area contributed by atoms with Crippen molar-refractivity contribution in [1.82, 2.24) is 9.88 Å². The highest BCUT2D eigenvalue weighted by molar-refractivity contribution is 6.04. The van der Waals surface area contributed by atoms with E-state index in [1.807, 2.05) is 17.0 Å². The monoisotopic (exact) mass is 434 g/mol. The molecule has 32 heavy (non-hydrogen) atoms. The number of nitrogens with one attached hydrogen (secondary N) is 1. The molecule has 0 bridgehead atoms. The molecule has 1 aliphatic heterocycles. The van der Waals surface area contributed by atoms with Gasteiger partial charge in [-0.3, -0.25) is 9.59 Å². The van der Waals surface area contributed by atoms with Crippen LogP contribution in [0.2, 0.25) is 0 Å². The van der Waals surface area contributed by atoms with E-state index in [4.69, 9.17) is 4.74 Å². The van der Waals surface area contributed by atoms with Gasteiger partial charge in [0.2, 0.25) is 0 Å². The number of nitrogens with zero attached hydrogens (tertiary/aromatic N) is 3. The van der Waals surface area contributed by atoms with Crippen molar-refractivity contribution in [3.8, 4) is 5.75 Å². The number of benzene rings is 2. The number of amides is 2. The molecule has 0 aliphatic carbocycles. The first-order valence-electron chi connectivity index (χ1n) is 10.2. The number of carbonyl (C=O) groups excluding carboxylic acids is 2. The average molecular weight is 434 g/mol. The van der Waals surface area contributed by atoms with Crippen LogP contribution in [0.3, 0.4) is 0 Å². The molecule has 3 aromatic rings. The van der Waals surface area contributed by atoms with Crippen molar-refractivity contribution in [2.45, 2.75) is 0 Å². The summed E-state index contributed by atoms with van der Waals surface area (Å²) in [5.74, 6) is 0.538. The van der Waals surface area contributed by atoms with Crippen molar-refractivity contribution in [3.05, 3.63) is 83.8 Å². The van der Waals surface area contributed by atoms with Crippen LogP contribution in [0.5, 0.6) is 5.75 Å². The second-order valence-corrected chi connectivity index (χ2v) is 7.38. The van der Waals surface area contributed by atoms with Gasteiger partial charge in [-0.05, 0) is 48.5 Å². The van der Waals surface area contributed by atoms with Crippen LogP contribution in [-0.2, 0) is 0 Å². The SMILES string of the molecule is COc1cccc(C(=O)N2CCN(c3ccc(NC(=O)c4cccc(F)c4)cn3)CC2)c1. The molecule has 1 fully saturated rings. The van der Waals surface area contributed by atoms with Crippen molar-refractivity contribution in [2.75, 3.05) is 43.5 Å². The van der Waals surface area contributed by atoms with E-state index in [9.17, 15) is 14.0 Å². The Morgan fingerprint density at radius 2 is 1.72 bits per heavy atom. The van der Waals surface area contributed by atoms with E-state index in [0.29, 0.717) is 43.2 Å². The van der Waals surface area contributed by atoms with E-state index in [1.54, 1.807) is 43.6 Å². The molecule has 2 amide bonds. The van der Waals surface area contributed by atoms with Gasteiger partial charge in [0.05, 0.1) is 19.0 Å². The highest BCUT2D eigenvalue weighted by Crippen LogP contribution is 2.19. The minimum Gasteiger partial charge on any atom is -0.497 e. The van der Waals surface area contributed by atoms with Crippen LogP contribution in [0.4, 0.5) is 15.9 Å². The van der Waals surface area contributed by atoms with Crippen LogP contribution >= 0.6 is 0 Å². The Bertz CT molecular complexity index is 1110. The fraction of sp³-hybridized carbons (Fsp3) is 0.208. The van der Waals surface area contributed by atoms with E-state index in [1.165, 1.54) is 18.2 Å². The third-order valence-electron chi connectivity index (χ3n) is 5.30. The molecule has 1 aliphatic rings. The predicted molar refractivity (Wildman–Crippen MR) is 120 cm³/mol. The molecule has 1 saturated heterocycles. The first-order valence-corrected chi connectivity index (χ1v) is 10.2. The summed E-state index contributed by atoms with van der Waals surface area (Å²) in [6, 6.07) is 16.2. The summed E-state index contributed by atoms with van der Waals surface area (Å²) in [7, 11) is 1.58. The van der Waals surface area contributed by atoms with Gasteiger partial charge in [0.15, 0.2) is 0 Å². The summed E-state index contributed by atoms with van der Waals surface area (Å²) in [5.41, 5.74) is 1.37. The molecule has 1 N–H and O–H groups in total. The van der Waals surface area contributed by atoms with Gasteiger partial charge in [0.25, 0.3) is 11.8 Å². The fourth-order valence-corrected chi connectivity index (χ4v) is 3.56. The Hall–Kier alpha value is -3.94. The molecule has 2 aromatic carbocycles. The minimum atomic E-state index is -0.463. The number of hydrogen-bond acceptors (Lipinski definition) is 5. The van der Waals surface area contributed by atoms with Gasteiger partial charge < -0.3 is 19.9 Å². The van der Waals surface area contributed by atoms with Crippen molar-refractivity contribution < 1.29 is 18.7 Å². The lowest BCUT2D eigenvalue weighted by molar-refractivity contribution is 0.0746. The van der Waals surface area contributed by atoms with Gasteiger partial charge in [0.1, 0.15) is 17.4 Å². The second-order valence-electron chi connectivity index (χ2n) is 7.38. The zero-order valence-electron chi connectivity index (χ0n) is 17.6. The molecule has 7 nitrogen and oxygen atoms in total. The van der Waals surface area contributed by atoms with Crippen LogP contribution in [0, 0.1) is 5.82 Å².